The van der Waals surface area contributed by atoms with Crippen molar-refractivity contribution < 1.29 is 24.1 Å². The van der Waals surface area contributed by atoms with Crippen LogP contribution in [0.1, 0.15) is 10.4 Å². The molecule has 2 aromatic rings. The van der Waals surface area contributed by atoms with Gasteiger partial charge in [0.2, 0.25) is 0 Å². The minimum atomic E-state index is -0.536. The van der Waals surface area contributed by atoms with Crippen molar-refractivity contribution >= 4 is 22.3 Å². The highest BCUT2D eigenvalue weighted by atomic mass is 32.2. The van der Waals surface area contributed by atoms with Gasteiger partial charge >= 0.3 is 0 Å². The average Bonchev–Trinajstić information content (AvgIpc) is 3.18. The second-order valence-corrected chi connectivity index (χ2v) is 8.82. The third-order valence-corrected chi connectivity index (χ3v) is 6.54. The molecule has 1 saturated heterocycles. The Morgan fingerprint density at radius 1 is 1.19 bits per heavy atom. The van der Waals surface area contributed by atoms with Gasteiger partial charge in [-0.15, -0.1) is 0 Å². The molecule has 8 nitrogen and oxygen atoms in total. The number of anilines is 1. The predicted molar refractivity (Wildman–Crippen MR) is 124 cm³/mol. The number of carbonyl (C=O) groups is 1. The normalized spacial score (nSPS) is 17.5. The number of likely N-dealkylation sites (tertiary alicyclic amines) is 1. The highest BCUT2D eigenvalue weighted by Crippen LogP contribution is 2.35. The molecule has 1 atom stereocenters. The summed E-state index contributed by atoms with van der Waals surface area (Å²) in [6.45, 7) is 1.47. The highest BCUT2D eigenvalue weighted by Gasteiger charge is 2.35. The number of amides is 1. The molecule has 2 aliphatic heterocycles. The molecule has 0 radical (unpaired) electrons. The molecule has 4 rings (SSSR count). The minimum Gasteiger partial charge on any atom is -0.507 e. The smallest absolute Gasteiger partial charge is 0.261 e. The summed E-state index contributed by atoms with van der Waals surface area (Å²) in [7, 11) is 2.39. The van der Waals surface area contributed by atoms with E-state index < -0.39 is 10.7 Å². The zero-order valence-electron chi connectivity index (χ0n) is 17.8. The van der Waals surface area contributed by atoms with E-state index in [4.69, 9.17) is 19.0 Å². The Labute approximate surface area is 189 Å². The van der Waals surface area contributed by atoms with Crippen LogP contribution in [-0.2, 0) is 10.7 Å². The molecule has 3 N–H and O–H groups in total. The maximum absolute atomic E-state index is 12.8. The van der Waals surface area contributed by atoms with Crippen LogP contribution >= 0.6 is 0 Å². The van der Waals surface area contributed by atoms with Crippen LogP contribution in [0.4, 0.5) is 5.69 Å². The maximum Gasteiger partial charge on any atom is 0.261 e. The van der Waals surface area contributed by atoms with Crippen molar-refractivity contribution in [3.63, 3.8) is 0 Å². The average molecular weight is 456 g/mol. The molecule has 0 spiro atoms. The lowest BCUT2D eigenvalue weighted by molar-refractivity contribution is 0.0173. The van der Waals surface area contributed by atoms with Crippen molar-refractivity contribution in [2.45, 2.75) is 6.10 Å². The number of aromatic hydroxyl groups is 1. The summed E-state index contributed by atoms with van der Waals surface area (Å²) >= 11 is 0. The monoisotopic (exact) mass is 455 g/mol. The second-order valence-electron chi connectivity index (χ2n) is 7.35. The highest BCUT2D eigenvalue weighted by molar-refractivity contribution is 7.93. The number of methoxy groups -OCH3 is 2. The van der Waals surface area contributed by atoms with Crippen LogP contribution < -0.4 is 19.5 Å². The van der Waals surface area contributed by atoms with Crippen molar-refractivity contribution in [3.8, 4) is 23.0 Å². The van der Waals surface area contributed by atoms with Gasteiger partial charge in [-0.05, 0) is 35.7 Å². The van der Waals surface area contributed by atoms with Crippen LogP contribution in [0.25, 0.3) is 0 Å². The fraction of sp³-hybridized carbons (Fsp3) is 0.261. The van der Waals surface area contributed by atoms with Gasteiger partial charge in [-0.25, -0.2) is 0 Å². The molecule has 2 aromatic carbocycles. The third-order valence-electron chi connectivity index (χ3n) is 5.26. The summed E-state index contributed by atoms with van der Waals surface area (Å²) in [6, 6.07) is 10.6. The Morgan fingerprint density at radius 3 is 2.56 bits per heavy atom. The summed E-state index contributed by atoms with van der Waals surface area (Å²) in [5, 5.41) is 15.5. The number of phenols is 1. The molecule has 32 heavy (non-hydrogen) atoms. The molecule has 1 amide bonds. The standard InChI is InChI=1S/C23H25N3O5S/c1-29-17-10-20(27)22(21(11-17)30-2)23(28)26-13-18(14-26)31-16-7-5-15(6-8-16)25-12-19-4-3-9-32(19)24/h3-11,18,24-25,27H,12-14H2,1-2H3. The molecule has 0 aromatic heterocycles. The fourth-order valence-corrected chi connectivity index (χ4v) is 4.33. The Kier molecular flexibility index (Phi) is 6.36. The van der Waals surface area contributed by atoms with Crippen molar-refractivity contribution in [1.82, 2.24) is 4.90 Å². The second kappa shape index (κ2) is 9.35. The molecule has 2 heterocycles. The van der Waals surface area contributed by atoms with E-state index in [0.29, 0.717) is 25.4 Å². The van der Waals surface area contributed by atoms with Crippen molar-refractivity contribution in [2.75, 3.05) is 39.2 Å². The number of nitrogens with zero attached hydrogens (tertiary/aromatic N) is 1. The molecular formula is C23H25N3O5S. The zero-order valence-corrected chi connectivity index (χ0v) is 18.6. The van der Waals surface area contributed by atoms with E-state index in [-0.39, 0.29) is 29.1 Å². The third kappa shape index (κ3) is 4.57. The Balaban J connectivity index is 1.30. The number of hydrogen-bond acceptors (Lipinski definition) is 7. The number of nitrogens with one attached hydrogen (secondary N) is 2. The largest absolute Gasteiger partial charge is 0.507 e. The number of carbonyl (C=O) groups excluding carboxylic acids is 1. The van der Waals surface area contributed by atoms with E-state index in [2.05, 4.69) is 5.32 Å². The summed E-state index contributed by atoms with van der Waals surface area (Å²) < 4.78 is 24.2. The maximum atomic E-state index is 12.8. The number of allylic oxidation sites excluding steroid dienone is 2. The number of rotatable bonds is 8. The lowest BCUT2D eigenvalue weighted by Crippen LogP contribution is -2.56. The lowest BCUT2D eigenvalue weighted by atomic mass is 10.1. The fourth-order valence-electron chi connectivity index (χ4n) is 3.46. The van der Waals surface area contributed by atoms with Crippen LogP contribution in [0, 0.1) is 4.78 Å². The van der Waals surface area contributed by atoms with Crippen LogP contribution in [-0.4, -0.2) is 55.9 Å². The van der Waals surface area contributed by atoms with Gasteiger partial charge in [0.05, 0.1) is 27.3 Å². The summed E-state index contributed by atoms with van der Waals surface area (Å²) in [6.07, 6.45) is 3.78. The zero-order chi connectivity index (χ0) is 22.7. The molecule has 2 aliphatic rings. The topological polar surface area (TPSA) is 104 Å². The van der Waals surface area contributed by atoms with Gasteiger partial charge in [-0.1, -0.05) is 16.8 Å². The van der Waals surface area contributed by atoms with Crippen LogP contribution in [0.15, 0.2) is 58.9 Å². The van der Waals surface area contributed by atoms with Gasteiger partial charge in [0.15, 0.2) is 0 Å². The quantitative estimate of drug-likeness (QED) is 0.563. The molecule has 1 fully saturated rings. The summed E-state index contributed by atoms with van der Waals surface area (Å²) in [5.74, 6) is 0.904. The first-order chi connectivity index (χ1) is 15.5. The van der Waals surface area contributed by atoms with Crippen molar-refractivity contribution in [1.29, 1.82) is 4.78 Å². The van der Waals surface area contributed by atoms with Crippen LogP contribution in [0.3, 0.4) is 0 Å². The van der Waals surface area contributed by atoms with E-state index in [9.17, 15) is 9.90 Å². The minimum absolute atomic E-state index is 0.116. The molecule has 0 bridgehead atoms. The van der Waals surface area contributed by atoms with Gasteiger partial charge in [-0.2, -0.15) is 0 Å². The SMILES string of the molecule is COc1cc(O)c(C(=O)N2CC(Oc3ccc(NCC4=CC=CS4=N)cc3)C2)c(OC)c1. The Morgan fingerprint density at radius 2 is 1.94 bits per heavy atom. The number of benzene rings is 2. The van der Waals surface area contributed by atoms with Gasteiger partial charge < -0.3 is 29.5 Å². The van der Waals surface area contributed by atoms with Gasteiger partial charge in [-0.3, -0.25) is 9.57 Å². The first-order valence-electron chi connectivity index (χ1n) is 10.0. The van der Waals surface area contributed by atoms with Crippen LogP contribution in [0.5, 0.6) is 23.0 Å². The Hall–Kier alpha value is -3.46. The molecule has 9 heteroatoms. The van der Waals surface area contributed by atoms with Crippen molar-refractivity contribution in [2.24, 2.45) is 0 Å². The van der Waals surface area contributed by atoms with E-state index >= 15 is 0 Å². The molecule has 0 aliphatic carbocycles. The summed E-state index contributed by atoms with van der Waals surface area (Å²) in [4.78, 5) is 15.5. The van der Waals surface area contributed by atoms with Gasteiger partial charge in [0.1, 0.15) is 34.7 Å². The number of hydrogen-bond donors (Lipinski definition) is 3. The van der Waals surface area contributed by atoms with Gasteiger partial charge in [0, 0.05) is 29.3 Å². The first kappa shape index (κ1) is 21.8. The van der Waals surface area contributed by atoms with E-state index in [1.165, 1.54) is 20.3 Å². The van der Waals surface area contributed by atoms with Crippen molar-refractivity contribution in [3.05, 3.63) is 64.4 Å². The van der Waals surface area contributed by atoms with E-state index in [1.807, 2.05) is 41.8 Å². The number of phenolic OH excluding ortho intramolecular Hbond substituents is 1. The molecular weight excluding hydrogens is 430 g/mol. The molecule has 1 unspecified atom stereocenters. The van der Waals surface area contributed by atoms with Crippen LogP contribution in [0.2, 0.25) is 0 Å². The van der Waals surface area contributed by atoms with E-state index in [0.717, 1.165) is 16.3 Å². The molecule has 168 valence electrons. The summed E-state index contributed by atoms with van der Waals surface area (Å²) in [5.41, 5.74) is 1.07. The van der Waals surface area contributed by atoms with E-state index in [1.54, 1.807) is 11.0 Å². The lowest BCUT2D eigenvalue weighted by Gasteiger charge is -2.39. The number of ether oxygens (including phenoxy) is 3. The van der Waals surface area contributed by atoms with Gasteiger partial charge in [0.25, 0.3) is 5.91 Å². The first-order valence-corrected chi connectivity index (χ1v) is 11.3. The molecule has 0 saturated carbocycles. The Bertz CT molecular complexity index is 1090. The predicted octanol–water partition coefficient (Wildman–Crippen LogP) is 3.52.